The van der Waals surface area contributed by atoms with Crippen molar-refractivity contribution in [1.29, 1.82) is 0 Å². The van der Waals surface area contributed by atoms with Crippen LogP contribution in [0.25, 0.3) is 0 Å². The fourth-order valence-corrected chi connectivity index (χ4v) is 0.284. The van der Waals surface area contributed by atoms with Gasteiger partial charge >= 0.3 is 0 Å². The van der Waals surface area contributed by atoms with Crippen molar-refractivity contribution < 1.29 is 9.53 Å². The lowest BCUT2D eigenvalue weighted by Crippen LogP contribution is -2.15. The third-order valence-electron chi connectivity index (χ3n) is 0.903. The zero-order chi connectivity index (χ0) is 7.33. The van der Waals surface area contributed by atoms with Crippen LogP contribution < -0.4 is 0 Å². The highest BCUT2D eigenvalue weighted by molar-refractivity contribution is 5.37. The first-order valence-electron chi connectivity index (χ1n) is 2.65. The van der Waals surface area contributed by atoms with E-state index in [9.17, 15) is 4.79 Å². The average molecular weight is 126 g/mol. The summed E-state index contributed by atoms with van der Waals surface area (Å²) in [5.74, 6) is 2.49. The van der Waals surface area contributed by atoms with Crippen LogP contribution in [-0.4, -0.2) is 13.1 Å². The molecular formula is C7H10O2. The van der Waals surface area contributed by atoms with Crippen molar-refractivity contribution in [3.63, 3.8) is 0 Å². The van der Waals surface area contributed by atoms with Gasteiger partial charge in [-0.2, -0.15) is 0 Å². The molecule has 0 aliphatic rings. The fraction of sp³-hybridized carbons (Fsp3) is 0.571. The lowest BCUT2D eigenvalue weighted by molar-refractivity contribution is -0.130. The minimum absolute atomic E-state index is 0.285. The highest BCUT2D eigenvalue weighted by Gasteiger charge is 2.13. The molecule has 0 bridgehead atoms. The summed E-state index contributed by atoms with van der Waals surface area (Å²) in [5.41, 5.74) is -0.332. The lowest BCUT2D eigenvalue weighted by atomic mass is 9.97. The molecule has 0 N–H and O–H groups in total. The molecule has 0 fully saturated rings. The molecule has 0 amide bonds. The van der Waals surface area contributed by atoms with Crippen molar-refractivity contribution in [3.8, 4) is 12.3 Å². The number of carbonyl (C=O) groups is 1. The molecule has 2 nitrogen and oxygen atoms in total. The first kappa shape index (κ1) is 8.03. The number of rotatable bonds is 3. The molecular weight excluding hydrogens is 116 g/mol. The summed E-state index contributed by atoms with van der Waals surface area (Å²) in [6.07, 6.45) is 5.10. The molecule has 0 heterocycles. The Balaban J connectivity index is 3.61. The zero-order valence-electron chi connectivity index (χ0n) is 5.68. The summed E-state index contributed by atoms with van der Waals surface area (Å²) in [7, 11) is 0. The molecule has 0 saturated carbocycles. The average Bonchev–Trinajstić information content (AvgIpc) is 1.84. The van der Waals surface area contributed by atoms with Crippen LogP contribution in [0.5, 0.6) is 0 Å². The summed E-state index contributed by atoms with van der Waals surface area (Å²) in [4.78, 5) is 9.68. The van der Waals surface area contributed by atoms with Crippen LogP contribution in [0.1, 0.15) is 13.8 Å². The maximum atomic E-state index is 9.68. The lowest BCUT2D eigenvalue weighted by Gasteiger charge is -2.14. The van der Waals surface area contributed by atoms with Gasteiger partial charge in [-0.05, 0) is 13.8 Å². The molecule has 0 spiro atoms. The number of ether oxygens (including phenoxy) is 1. The van der Waals surface area contributed by atoms with Crippen LogP contribution in [0.3, 0.4) is 0 Å². The highest BCUT2D eigenvalue weighted by atomic mass is 16.5. The summed E-state index contributed by atoms with van der Waals surface area (Å²) in [6.45, 7) is 4.35. The van der Waals surface area contributed by atoms with E-state index in [0.29, 0.717) is 6.47 Å². The predicted molar refractivity (Wildman–Crippen MR) is 34.6 cm³/mol. The molecule has 0 aromatic rings. The molecule has 0 aliphatic heterocycles. The van der Waals surface area contributed by atoms with Gasteiger partial charge in [0.1, 0.15) is 6.61 Å². The molecule has 0 aliphatic carbocycles. The van der Waals surface area contributed by atoms with E-state index < -0.39 is 0 Å². The van der Waals surface area contributed by atoms with Crippen LogP contribution in [0.2, 0.25) is 0 Å². The Labute approximate surface area is 55.2 Å². The largest absolute Gasteiger partial charge is 0.466 e. The number of hydrogen-bond acceptors (Lipinski definition) is 2. The van der Waals surface area contributed by atoms with Gasteiger partial charge in [0.25, 0.3) is 6.47 Å². The van der Waals surface area contributed by atoms with Crippen molar-refractivity contribution >= 4 is 6.47 Å². The van der Waals surface area contributed by atoms with Gasteiger partial charge in [-0.3, -0.25) is 4.79 Å². The highest BCUT2D eigenvalue weighted by Crippen LogP contribution is 2.11. The maximum absolute atomic E-state index is 9.68. The van der Waals surface area contributed by atoms with Gasteiger partial charge in [-0.15, -0.1) is 6.42 Å². The second-order valence-corrected chi connectivity index (χ2v) is 2.44. The van der Waals surface area contributed by atoms with E-state index in [-0.39, 0.29) is 12.0 Å². The van der Waals surface area contributed by atoms with Crippen LogP contribution in [0.4, 0.5) is 0 Å². The van der Waals surface area contributed by atoms with E-state index in [1.165, 1.54) is 0 Å². The van der Waals surface area contributed by atoms with E-state index in [2.05, 4.69) is 10.7 Å². The third kappa shape index (κ3) is 3.60. The van der Waals surface area contributed by atoms with E-state index in [1.807, 2.05) is 13.8 Å². The van der Waals surface area contributed by atoms with E-state index in [1.54, 1.807) is 0 Å². The Morgan fingerprint density at radius 1 is 1.78 bits per heavy atom. The van der Waals surface area contributed by atoms with Crippen LogP contribution in [0, 0.1) is 17.8 Å². The standard InChI is InChI=1S/C7H10O2/c1-4-7(2,3)5-9-6-8/h1,6H,5H2,2-3H3. The second-order valence-electron chi connectivity index (χ2n) is 2.44. The van der Waals surface area contributed by atoms with Gasteiger partial charge < -0.3 is 4.74 Å². The summed E-state index contributed by atoms with van der Waals surface area (Å²) in [5, 5.41) is 0. The minimum atomic E-state index is -0.332. The monoisotopic (exact) mass is 126 g/mol. The Kier molecular flexibility index (Phi) is 2.80. The molecule has 0 aromatic carbocycles. The molecule has 0 saturated heterocycles. The quantitative estimate of drug-likeness (QED) is 0.413. The van der Waals surface area contributed by atoms with Crippen molar-refractivity contribution in [2.75, 3.05) is 6.61 Å². The molecule has 0 rings (SSSR count). The Morgan fingerprint density at radius 2 is 2.33 bits per heavy atom. The second kappa shape index (κ2) is 3.13. The summed E-state index contributed by atoms with van der Waals surface area (Å²) >= 11 is 0. The smallest absolute Gasteiger partial charge is 0.293 e. The Bertz CT molecular complexity index is 130. The van der Waals surface area contributed by atoms with Crippen molar-refractivity contribution in [2.45, 2.75) is 13.8 Å². The van der Waals surface area contributed by atoms with Crippen molar-refractivity contribution in [3.05, 3.63) is 0 Å². The van der Waals surface area contributed by atoms with Crippen LogP contribution >= 0.6 is 0 Å². The van der Waals surface area contributed by atoms with Crippen LogP contribution in [-0.2, 0) is 9.53 Å². The van der Waals surface area contributed by atoms with E-state index >= 15 is 0 Å². The normalized spacial score (nSPS) is 9.89. The van der Waals surface area contributed by atoms with Gasteiger partial charge in [0.2, 0.25) is 0 Å². The molecule has 9 heavy (non-hydrogen) atoms. The Morgan fingerprint density at radius 3 is 2.67 bits per heavy atom. The molecule has 0 unspecified atom stereocenters. The molecule has 0 atom stereocenters. The topological polar surface area (TPSA) is 26.3 Å². The summed E-state index contributed by atoms with van der Waals surface area (Å²) in [6, 6.07) is 0. The summed E-state index contributed by atoms with van der Waals surface area (Å²) < 4.78 is 4.47. The van der Waals surface area contributed by atoms with Crippen LogP contribution in [0.15, 0.2) is 0 Å². The number of terminal acetylenes is 1. The van der Waals surface area contributed by atoms with E-state index in [0.717, 1.165) is 0 Å². The number of carbonyl (C=O) groups excluding carboxylic acids is 1. The molecule has 50 valence electrons. The van der Waals surface area contributed by atoms with Gasteiger partial charge in [0.05, 0.1) is 5.41 Å². The number of hydrogen-bond donors (Lipinski definition) is 0. The third-order valence-corrected chi connectivity index (χ3v) is 0.903. The van der Waals surface area contributed by atoms with E-state index in [4.69, 9.17) is 6.42 Å². The van der Waals surface area contributed by atoms with Gasteiger partial charge in [0, 0.05) is 0 Å². The molecule has 2 heteroatoms. The van der Waals surface area contributed by atoms with Gasteiger partial charge in [-0.25, -0.2) is 0 Å². The predicted octanol–water partition coefficient (Wildman–Crippen LogP) is 0.819. The molecule has 0 radical (unpaired) electrons. The van der Waals surface area contributed by atoms with Gasteiger partial charge in [-0.1, -0.05) is 5.92 Å². The molecule has 0 aromatic heterocycles. The van der Waals surface area contributed by atoms with Crippen molar-refractivity contribution in [1.82, 2.24) is 0 Å². The zero-order valence-corrected chi connectivity index (χ0v) is 5.68. The van der Waals surface area contributed by atoms with Gasteiger partial charge in [0.15, 0.2) is 0 Å². The maximum Gasteiger partial charge on any atom is 0.293 e. The SMILES string of the molecule is C#CC(C)(C)COC=O. The Hall–Kier alpha value is -0.970. The minimum Gasteiger partial charge on any atom is -0.466 e. The first-order valence-corrected chi connectivity index (χ1v) is 2.65. The van der Waals surface area contributed by atoms with Crippen molar-refractivity contribution in [2.24, 2.45) is 5.41 Å². The first-order chi connectivity index (χ1) is 4.12. The fourth-order valence-electron chi connectivity index (χ4n) is 0.284.